The van der Waals surface area contributed by atoms with Crippen LogP contribution in [0.4, 0.5) is 0 Å². The smallest absolute Gasteiger partial charge is 0.170 e. The summed E-state index contributed by atoms with van der Waals surface area (Å²) in [5.41, 5.74) is 1.79. The molecule has 2 atom stereocenters. The standard InChI is InChI=1S/C19H15Cl2N3OS/c1-24-18(17(23-19(24)26)14-4-2-3-9-22-14)16-8-7-15(25-16)11-5-6-12(20)13(21)10-11/h2-10,17-18H,1H3,(H,23,26)/t17-,18-/m0/s1. The Bertz CT molecular complexity index is 960. The highest BCUT2D eigenvalue weighted by molar-refractivity contribution is 7.80. The van der Waals surface area contributed by atoms with Crippen LogP contribution in [0, 0.1) is 0 Å². The molecule has 1 aliphatic heterocycles. The van der Waals surface area contributed by atoms with Gasteiger partial charge in [-0.3, -0.25) is 4.98 Å². The average Bonchev–Trinajstić information content (AvgIpc) is 3.24. The molecule has 0 spiro atoms. The highest BCUT2D eigenvalue weighted by Gasteiger charge is 2.39. The lowest BCUT2D eigenvalue weighted by Crippen LogP contribution is -2.24. The first-order valence-electron chi connectivity index (χ1n) is 8.04. The maximum absolute atomic E-state index is 6.15. The van der Waals surface area contributed by atoms with E-state index in [1.807, 2.05) is 48.3 Å². The van der Waals surface area contributed by atoms with Crippen LogP contribution in [0.2, 0.25) is 10.0 Å². The van der Waals surface area contributed by atoms with Crippen molar-refractivity contribution < 1.29 is 4.42 Å². The van der Waals surface area contributed by atoms with E-state index in [0.29, 0.717) is 15.2 Å². The number of furan rings is 1. The summed E-state index contributed by atoms with van der Waals surface area (Å²) >= 11 is 17.6. The second-order valence-corrected chi connectivity index (χ2v) is 7.27. The number of halogens is 2. The predicted octanol–water partition coefficient (Wildman–Crippen LogP) is 5.25. The Morgan fingerprint density at radius 3 is 2.69 bits per heavy atom. The Balaban J connectivity index is 1.70. The van der Waals surface area contributed by atoms with Crippen molar-refractivity contribution in [2.24, 2.45) is 0 Å². The van der Waals surface area contributed by atoms with Crippen LogP contribution in [0.15, 0.2) is 59.1 Å². The molecule has 4 rings (SSSR count). The maximum atomic E-state index is 6.15. The number of benzene rings is 1. The molecule has 4 nitrogen and oxygen atoms in total. The van der Waals surface area contributed by atoms with Crippen molar-refractivity contribution in [2.45, 2.75) is 12.1 Å². The number of aromatic nitrogens is 1. The third-order valence-electron chi connectivity index (χ3n) is 4.46. The topological polar surface area (TPSA) is 41.3 Å². The molecule has 0 aliphatic carbocycles. The average molecular weight is 404 g/mol. The van der Waals surface area contributed by atoms with E-state index in [1.54, 1.807) is 18.3 Å². The number of hydrogen-bond acceptors (Lipinski definition) is 3. The molecule has 1 fully saturated rings. The van der Waals surface area contributed by atoms with Crippen molar-refractivity contribution in [2.75, 3.05) is 7.05 Å². The minimum Gasteiger partial charge on any atom is -0.459 e. The van der Waals surface area contributed by atoms with Gasteiger partial charge >= 0.3 is 0 Å². The summed E-state index contributed by atoms with van der Waals surface area (Å²) in [6.45, 7) is 0. The first kappa shape index (κ1) is 17.3. The summed E-state index contributed by atoms with van der Waals surface area (Å²) < 4.78 is 6.15. The van der Waals surface area contributed by atoms with Crippen molar-refractivity contribution in [3.63, 3.8) is 0 Å². The summed E-state index contributed by atoms with van der Waals surface area (Å²) in [5.74, 6) is 1.53. The van der Waals surface area contributed by atoms with Crippen LogP contribution in [0.3, 0.4) is 0 Å². The lowest BCUT2D eigenvalue weighted by atomic mass is 10.0. The van der Waals surface area contributed by atoms with Crippen molar-refractivity contribution in [1.29, 1.82) is 0 Å². The molecule has 0 amide bonds. The van der Waals surface area contributed by atoms with Gasteiger partial charge in [-0.2, -0.15) is 0 Å². The number of nitrogens with one attached hydrogen (secondary N) is 1. The molecule has 0 saturated carbocycles. The van der Waals surface area contributed by atoms with Gasteiger partial charge in [-0.15, -0.1) is 0 Å². The van der Waals surface area contributed by atoms with Gasteiger partial charge in [0.05, 0.1) is 21.8 Å². The van der Waals surface area contributed by atoms with E-state index in [2.05, 4.69) is 10.3 Å². The summed E-state index contributed by atoms with van der Waals surface area (Å²) in [5, 5.41) is 5.01. The molecule has 2 aromatic heterocycles. The molecule has 1 aromatic carbocycles. The summed E-state index contributed by atoms with van der Waals surface area (Å²) in [6.07, 6.45) is 1.78. The van der Waals surface area contributed by atoms with E-state index >= 15 is 0 Å². The molecule has 0 bridgehead atoms. The predicted molar refractivity (Wildman–Crippen MR) is 107 cm³/mol. The Morgan fingerprint density at radius 1 is 1.12 bits per heavy atom. The van der Waals surface area contributed by atoms with Crippen LogP contribution >= 0.6 is 35.4 Å². The number of rotatable bonds is 3. The van der Waals surface area contributed by atoms with Crippen molar-refractivity contribution in [1.82, 2.24) is 15.2 Å². The SMILES string of the molecule is CN1C(=S)N[C@@H](c2ccccn2)[C@@H]1c1ccc(-c2ccc(Cl)c(Cl)c2)o1. The Kier molecular flexibility index (Phi) is 4.61. The van der Waals surface area contributed by atoms with Crippen LogP contribution in [0.5, 0.6) is 0 Å². The summed E-state index contributed by atoms with van der Waals surface area (Å²) in [6, 6.07) is 15.0. The molecule has 0 unspecified atom stereocenters. The van der Waals surface area contributed by atoms with Gasteiger partial charge in [0.25, 0.3) is 0 Å². The van der Waals surface area contributed by atoms with Crippen LogP contribution in [0.25, 0.3) is 11.3 Å². The molecule has 132 valence electrons. The number of thiocarbonyl (C=S) groups is 1. The van der Waals surface area contributed by atoms with Gasteiger partial charge in [0.1, 0.15) is 17.6 Å². The minimum absolute atomic E-state index is 0.0819. The van der Waals surface area contributed by atoms with Crippen LogP contribution in [-0.2, 0) is 0 Å². The van der Waals surface area contributed by atoms with E-state index in [0.717, 1.165) is 22.8 Å². The molecule has 1 aliphatic rings. The van der Waals surface area contributed by atoms with E-state index in [9.17, 15) is 0 Å². The zero-order valence-electron chi connectivity index (χ0n) is 13.8. The van der Waals surface area contributed by atoms with Gasteiger partial charge in [-0.25, -0.2) is 0 Å². The van der Waals surface area contributed by atoms with Crippen LogP contribution < -0.4 is 5.32 Å². The van der Waals surface area contributed by atoms with Gasteiger partial charge in [0.2, 0.25) is 0 Å². The molecule has 1 saturated heterocycles. The van der Waals surface area contributed by atoms with Gasteiger partial charge in [0, 0.05) is 18.8 Å². The number of pyridine rings is 1. The third-order valence-corrected chi connectivity index (χ3v) is 5.61. The molecule has 7 heteroatoms. The molecule has 3 aromatic rings. The molecular formula is C19H15Cl2N3OS. The van der Waals surface area contributed by atoms with Gasteiger partial charge in [0.15, 0.2) is 5.11 Å². The molecule has 3 heterocycles. The summed E-state index contributed by atoms with van der Waals surface area (Å²) in [7, 11) is 1.95. The first-order chi connectivity index (χ1) is 12.5. The maximum Gasteiger partial charge on any atom is 0.170 e. The second kappa shape index (κ2) is 6.91. The van der Waals surface area contributed by atoms with E-state index in [1.165, 1.54) is 0 Å². The second-order valence-electron chi connectivity index (χ2n) is 6.07. The van der Waals surface area contributed by atoms with Gasteiger partial charge < -0.3 is 14.6 Å². The Hall–Kier alpha value is -2.08. The van der Waals surface area contributed by atoms with E-state index in [-0.39, 0.29) is 12.1 Å². The van der Waals surface area contributed by atoms with Crippen LogP contribution in [0.1, 0.15) is 23.5 Å². The number of likely N-dealkylation sites (N-methyl/N-ethyl adjacent to an activating group) is 1. The highest BCUT2D eigenvalue weighted by atomic mass is 35.5. The number of nitrogens with zero attached hydrogens (tertiary/aromatic N) is 2. The van der Waals surface area contributed by atoms with Gasteiger partial charge in [-0.05, 0) is 54.7 Å². The Morgan fingerprint density at radius 2 is 1.96 bits per heavy atom. The zero-order valence-corrected chi connectivity index (χ0v) is 16.1. The quantitative estimate of drug-likeness (QED) is 0.604. The molecule has 1 N–H and O–H groups in total. The van der Waals surface area contributed by atoms with Gasteiger partial charge in [-0.1, -0.05) is 29.3 Å². The first-order valence-corrected chi connectivity index (χ1v) is 9.20. The van der Waals surface area contributed by atoms with E-state index < -0.39 is 0 Å². The largest absolute Gasteiger partial charge is 0.459 e. The summed E-state index contributed by atoms with van der Waals surface area (Å²) in [4.78, 5) is 6.46. The molecule has 26 heavy (non-hydrogen) atoms. The monoisotopic (exact) mass is 403 g/mol. The normalized spacial score (nSPS) is 19.7. The van der Waals surface area contributed by atoms with Crippen molar-refractivity contribution >= 4 is 40.5 Å². The molecular weight excluding hydrogens is 389 g/mol. The zero-order chi connectivity index (χ0) is 18.3. The fourth-order valence-corrected chi connectivity index (χ4v) is 3.67. The van der Waals surface area contributed by atoms with E-state index in [4.69, 9.17) is 39.8 Å². The minimum atomic E-state index is -0.0890. The Labute approximate surface area is 166 Å². The number of hydrogen-bond donors (Lipinski definition) is 1. The van der Waals surface area contributed by atoms with Crippen LogP contribution in [-0.4, -0.2) is 22.0 Å². The fraction of sp³-hybridized carbons (Fsp3) is 0.158. The van der Waals surface area contributed by atoms with Crippen molar-refractivity contribution in [3.8, 4) is 11.3 Å². The third kappa shape index (κ3) is 3.07. The fourth-order valence-electron chi connectivity index (χ4n) is 3.13. The van der Waals surface area contributed by atoms with Crippen molar-refractivity contribution in [3.05, 3.63) is 76.2 Å². The highest BCUT2D eigenvalue weighted by Crippen LogP contribution is 2.39. The lowest BCUT2D eigenvalue weighted by Gasteiger charge is -2.21. The molecule has 0 radical (unpaired) electrons. The lowest BCUT2D eigenvalue weighted by molar-refractivity contribution is 0.310.